The van der Waals surface area contributed by atoms with Gasteiger partial charge in [0.25, 0.3) is 0 Å². The van der Waals surface area contributed by atoms with E-state index in [2.05, 4.69) is 0 Å². The topological polar surface area (TPSA) is 35.5 Å². The fourth-order valence-corrected chi connectivity index (χ4v) is 4.96. The fraction of sp³-hybridized carbons (Fsp3) is 0.458. The van der Waals surface area contributed by atoms with Gasteiger partial charge in [-0.3, -0.25) is 4.79 Å². The number of esters is 1. The molecule has 0 spiro atoms. The first-order valence-electron chi connectivity index (χ1n) is 10.4. The summed E-state index contributed by atoms with van der Waals surface area (Å²) in [5, 5.41) is 0. The van der Waals surface area contributed by atoms with Crippen LogP contribution in [0.2, 0.25) is 0 Å². The second kappa shape index (κ2) is 8.62. The lowest BCUT2D eigenvalue weighted by Crippen LogP contribution is -2.41. The normalized spacial score (nSPS) is 25.9. The van der Waals surface area contributed by atoms with E-state index in [-0.39, 0.29) is 35.5 Å². The van der Waals surface area contributed by atoms with E-state index in [1.165, 1.54) is 24.3 Å². The van der Waals surface area contributed by atoms with E-state index in [4.69, 9.17) is 9.47 Å². The highest BCUT2D eigenvalue weighted by atomic mass is 19.1. The minimum Gasteiger partial charge on any atom is -0.466 e. The van der Waals surface area contributed by atoms with Gasteiger partial charge in [0.15, 0.2) is 0 Å². The molecular formula is C24H26F2O3. The van der Waals surface area contributed by atoms with Crippen LogP contribution in [0.1, 0.15) is 49.8 Å². The maximum Gasteiger partial charge on any atom is 0.311 e. The summed E-state index contributed by atoms with van der Waals surface area (Å²) in [5.74, 6) is -0.312. The molecule has 5 heteroatoms. The highest BCUT2D eigenvalue weighted by Gasteiger charge is 2.47. The van der Waals surface area contributed by atoms with Crippen LogP contribution < -0.4 is 0 Å². The Morgan fingerprint density at radius 1 is 0.966 bits per heavy atom. The van der Waals surface area contributed by atoms with Crippen molar-refractivity contribution in [3.63, 3.8) is 0 Å². The van der Waals surface area contributed by atoms with Gasteiger partial charge in [0.2, 0.25) is 0 Å². The van der Waals surface area contributed by atoms with Gasteiger partial charge >= 0.3 is 5.97 Å². The Labute approximate surface area is 170 Å². The molecule has 0 aromatic heterocycles. The van der Waals surface area contributed by atoms with E-state index in [9.17, 15) is 13.6 Å². The molecule has 2 aliphatic carbocycles. The van der Waals surface area contributed by atoms with Gasteiger partial charge in [-0.1, -0.05) is 30.7 Å². The van der Waals surface area contributed by atoms with Crippen LogP contribution in [0.25, 0.3) is 0 Å². The van der Waals surface area contributed by atoms with Crippen LogP contribution in [0.15, 0.2) is 48.5 Å². The van der Waals surface area contributed by atoms with Crippen LogP contribution >= 0.6 is 0 Å². The molecule has 29 heavy (non-hydrogen) atoms. The zero-order chi connectivity index (χ0) is 20.4. The summed E-state index contributed by atoms with van der Waals surface area (Å²) < 4.78 is 38.9. The van der Waals surface area contributed by atoms with Crippen molar-refractivity contribution in [1.82, 2.24) is 0 Å². The van der Waals surface area contributed by atoms with E-state index in [1.54, 1.807) is 24.3 Å². The molecule has 2 aliphatic rings. The molecule has 2 unspecified atom stereocenters. The minimum absolute atomic E-state index is 0.195. The zero-order valence-corrected chi connectivity index (χ0v) is 16.5. The zero-order valence-electron chi connectivity index (χ0n) is 16.5. The number of hydrogen-bond donors (Lipinski definition) is 0. The third kappa shape index (κ3) is 4.35. The Bertz CT molecular complexity index is 789. The number of rotatable bonds is 6. The second-order valence-electron chi connectivity index (χ2n) is 8.11. The molecule has 0 N–H and O–H groups in total. The molecule has 154 valence electrons. The molecule has 2 aromatic carbocycles. The van der Waals surface area contributed by atoms with Gasteiger partial charge in [-0.25, -0.2) is 8.78 Å². The average molecular weight is 400 g/mol. The van der Waals surface area contributed by atoms with E-state index in [1.807, 2.05) is 6.92 Å². The third-order valence-electron chi connectivity index (χ3n) is 6.27. The lowest BCUT2D eigenvalue weighted by molar-refractivity contribution is -0.162. The van der Waals surface area contributed by atoms with E-state index < -0.39 is 6.10 Å². The Morgan fingerprint density at radius 3 is 2.10 bits per heavy atom. The maximum atomic E-state index is 13.5. The quantitative estimate of drug-likeness (QED) is 0.606. The largest absolute Gasteiger partial charge is 0.466 e. The molecule has 0 radical (unpaired) electrons. The third-order valence-corrected chi connectivity index (χ3v) is 6.27. The van der Waals surface area contributed by atoms with Crippen molar-refractivity contribution in [1.29, 1.82) is 0 Å². The van der Waals surface area contributed by atoms with Crippen LogP contribution in [0.4, 0.5) is 8.78 Å². The van der Waals surface area contributed by atoms with Crippen LogP contribution in [0, 0.1) is 29.4 Å². The Kier molecular flexibility index (Phi) is 5.95. The molecule has 2 bridgehead atoms. The minimum atomic E-state index is -0.504. The van der Waals surface area contributed by atoms with Crippen molar-refractivity contribution in [2.24, 2.45) is 17.8 Å². The molecule has 0 heterocycles. The summed E-state index contributed by atoms with van der Waals surface area (Å²) in [6.45, 7) is 2.16. The van der Waals surface area contributed by atoms with Gasteiger partial charge in [0.05, 0.1) is 18.6 Å². The first-order valence-corrected chi connectivity index (χ1v) is 10.4. The second-order valence-corrected chi connectivity index (χ2v) is 8.11. The van der Waals surface area contributed by atoms with Gasteiger partial charge in [-0.05, 0) is 73.4 Å². The molecule has 2 saturated carbocycles. The average Bonchev–Trinajstić information content (AvgIpc) is 3.09. The molecule has 3 nitrogen and oxygen atoms in total. The molecule has 4 atom stereocenters. The van der Waals surface area contributed by atoms with Crippen molar-refractivity contribution >= 4 is 5.97 Å². The summed E-state index contributed by atoms with van der Waals surface area (Å²) in [6.07, 6.45) is 3.19. The lowest BCUT2D eigenvalue weighted by Gasteiger charge is -2.37. The Morgan fingerprint density at radius 2 is 1.55 bits per heavy atom. The number of halogens is 2. The molecule has 0 aliphatic heterocycles. The first-order chi connectivity index (χ1) is 14.0. The van der Waals surface area contributed by atoms with Crippen LogP contribution in [0.5, 0.6) is 0 Å². The Hall–Kier alpha value is -2.27. The van der Waals surface area contributed by atoms with E-state index in [0.717, 1.165) is 36.8 Å². The van der Waals surface area contributed by atoms with Crippen LogP contribution in [-0.2, 0) is 14.3 Å². The van der Waals surface area contributed by atoms with Crippen LogP contribution in [-0.4, -0.2) is 18.7 Å². The standard InChI is InChI=1S/C24H26F2O3/c1-2-28-24(27)22-18-4-3-15(13-18)14-21(22)29-23(16-5-9-19(25)10-6-16)17-7-11-20(26)12-8-17/h5-12,15,18,21-23H,2-4,13-14H2,1H3/t15?,18?,21-,22+/m0/s1. The smallest absolute Gasteiger partial charge is 0.311 e. The van der Waals surface area contributed by atoms with Crippen molar-refractivity contribution in [2.75, 3.05) is 6.61 Å². The molecular weight excluding hydrogens is 374 g/mol. The lowest BCUT2D eigenvalue weighted by atomic mass is 9.77. The number of hydrogen-bond acceptors (Lipinski definition) is 3. The number of benzene rings is 2. The van der Waals surface area contributed by atoms with E-state index >= 15 is 0 Å². The van der Waals surface area contributed by atoms with Crippen molar-refractivity contribution in [3.8, 4) is 0 Å². The maximum absolute atomic E-state index is 13.5. The summed E-state index contributed by atoms with van der Waals surface area (Å²) >= 11 is 0. The van der Waals surface area contributed by atoms with Crippen molar-refractivity contribution in [3.05, 3.63) is 71.3 Å². The van der Waals surface area contributed by atoms with Crippen molar-refractivity contribution in [2.45, 2.75) is 44.8 Å². The number of carbonyl (C=O) groups excluding carboxylic acids is 1. The van der Waals surface area contributed by atoms with Gasteiger partial charge in [-0.2, -0.15) is 0 Å². The number of carbonyl (C=O) groups is 1. The fourth-order valence-electron chi connectivity index (χ4n) is 4.96. The van der Waals surface area contributed by atoms with Gasteiger partial charge in [-0.15, -0.1) is 0 Å². The predicted octanol–water partition coefficient (Wildman–Crippen LogP) is 5.44. The first kappa shape index (κ1) is 20.0. The number of fused-ring (bicyclic) bond motifs is 2. The summed E-state index contributed by atoms with van der Waals surface area (Å²) in [4.78, 5) is 12.7. The molecule has 4 rings (SSSR count). The van der Waals surface area contributed by atoms with Gasteiger partial charge in [0, 0.05) is 0 Å². The predicted molar refractivity (Wildman–Crippen MR) is 105 cm³/mol. The molecule has 2 aromatic rings. The molecule has 2 fully saturated rings. The van der Waals surface area contributed by atoms with E-state index in [0.29, 0.717) is 12.5 Å². The Balaban J connectivity index is 1.65. The number of ether oxygens (including phenoxy) is 2. The van der Waals surface area contributed by atoms with Crippen LogP contribution in [0.3, 0.4) is 0 Å². The van der Waals surface area contributed by atoms with Gasteiger partial charge < -0.3 is 9.47 Å². The molecule has 0 saturated heterocycles. The highest BCUT2D eigenvalue weighted by molar-refractivity contribution is 5.73. The highest BCUT2D eigenvalue weighted by Crippen LogP contribution is 2.48. The molecule has 0 amide bonds. The van der Waals surface area contributed by atoms with Crippen molar-refractivity contribution < 1.29 is 23.0 Å². The summed E-state index contributed by atoms with van der Waals surface area (Å²) in [7, 11) is 0. The summed E-state index contributed by atoms with van der Waals surface area (Å²) in [5.41, 5.74) is 1.55. The summed E-state index contributed by atoms with van der Waals surface area (Å²) in [6, 6.07) is 12.3. The SMILES string of the molecule is CCOC(=O)[C@@H]1C2CCC(C2)C[C@@H]1OC(c1ccc(F)cc1)c1ccc(F)cc1. The van der Waals surface area contributed by atoms with Gasteiger partial charge in [0.1, 0.15) is 17.7 Å². The monoisotopic (exact) mass is 400 g/mol.